The molecule has 0 spiro atoms. The summed E-state index contributed by atoms with van der Waals surface area (Å²) in [6.45, 7) is 1.94. The number of thioether (sulfide) groups is 1. The van der Waals surface area contributed by atoms with Gasteiger partial charge in [0.05, 0.1) is 23.5 Å². The Morgan fingerprint density at radius 2 is 2.03 bits per heavy atom. The maximum atomic E-state index is 13.5. The first-order valence-electron chi connectivity index (χ1n) is 10.5. The Balaban J connectivity index is 1.41. The molecule has 2 aromatic heterocycles. The Labute approximate surface area is 199 Å². The number of anilines is 1. The van der Waals surface area contributed by atoms with E-state index in [9.17, 15) is 27.2 Å². The predicted octanol–water partition coefficient (Wildman–Crippen LogP) is 4.72. The zero-order valence-corrected chi connectivity index (χ0v) is 19.0. The lowest BCUT2D eigenvalue weighted by molar-refractivity contribution is -0.140. The van der Waals surface area contributed by atoms with Gasteiger partial charge in [-0.2, -0.15) is 18.3 Å². The van der Waals surface area contributed by atoms with Crippen molar-refractivity contribution < 1.29 is 22.4 Å². The first-order chi connectivity index (χ1) is 16.6. The van der Waals surface area contributed by atoms with Gasteiger partial charge in [-0.25, -0.2) is 14.1 Å². The molecule has 0 saturated heterocycles. The summed E-state index contributed by atoms with van der Waals surface area (Å²) < 4.78 is 55.4. The van der Waals surface area contributed by atoms with E-state index in [1.807, 2.05) is 31.2 Å². The lowest BCUT2D eigenvalue weighted by atomic mass is 10.1. The van der Waals surface area contributed by atoms with Crippen molar-refractivity contribution in [2.45, 2.75) is 30.7 Å². The zero-order chi connectivity index (χ0) is 24.9. The molecule has 0 fully saturated rings. The largest absolute Gasteiger partial charge is 0.419 e. The van der Waals surface area contributed by atoms with Crippen LogP contribution in [-0.4, -0.2) is 31.0 Å². The van der Waals surface area contributed by atoms with Gasteiger partial charge in [0, 0.05) is 17.9 Å². The van der Waals surface area contributed by atoms with Gasteiger partial charge in [0.2, 0.25) is 5.91 Å². The maximum absolute atomic E-state index is 13.5. The molecule has 4 aromatic rings. The van der Waals surface area contributed by atoms with Crippen LogP contribution in [0.25, 0.3) is 16.7 Å². The minimum absolute atomic E-state index is 0.169. The van der Waals surface area contributed by atoms with Crippen LogP contribution in [0.1, 0.15) is 23.6 Å². The van der Waals surface area contributed by atoms with E-state index < -0.39 is 29.5 Å². The Morgan fingerprint density at radius 1 is 1.23 bits per heavy atom. The van der Waals surface area contributed by atoms with Gasteiger partial charge in [-0.15, -0.1) is 0 Å². The number of rotatable bonds is 4. The normalized spacial score (nSPS) is 15.4. The zero-order valence-electron chi connectivity index (χ0n) is 18.1. The second-order valence-electron chi connectivity index (χ2n) is 8.11. The van der Waals surface area contributed by atoms with Crippen molar-refractivity contribution in [1.82, 2.24) is 19.3 Å². The standard InChI is InChI=1S/C23H17F4N5O2S/c1-12-3-2-4-14(7-12)32-20-16(10-28-32)21(34)31-15(11-35-22(31)30-20)9-19(33)29-13-5-6-18(24)17(8-13)23(25,26)27/h2-8,10,15H,9,11H2,1H3,(H,29,33). The predicted molar refractivity (Wildman–Crippen MR) is 122 cm³/mol. The molecule has 5 rings (SSSR count). The fourth-order valence-electron chi connectivity index (χ4n) is 3.98. The summed E-state index contributed by atoms with van der Waals surface area (Å²) in [4.78, 5) is 30.4. The van der Waals surface area contributed by atoms with E-state index in [-0.39, 0.29) is 23.1 Å². The van der Waals surface area contributed by atoms with E-state index >= 15 is 0 Å². The van der Waals surface area contributed by atoms with E-state index in [1.54, 1.807) is 4.68 Å². The molecule has 7 nitrogen and oxygen atoms in total. The minimum Gasteiger partial charge on any atom is -0.326 e. The van der Waals surface area contributed by atoms with E-state index in [2.05, 4.69) is 15.4 Å². The van der Waals surface area contributed by atoms with Crippen LogP contribution in [0, 0.1) is 12.7 Å². The molecule has 35 heavy (non-hydrogen) atoms. The number of hydrogen-bond donors (Lipinski definition) is 1. The second kappa shape index (κ2) is 8.52. The number of nitrogens with zero attached hydrogens (tertiary/aromatic N) is 4. The molecule has 0 radical (unpaired) electrons. The van der Waals surface area contributed by atoms with Crippen molar-refractivity contribution >= 4 is 34.4 Å². The fourth-order valence-corrected chi connectivity index (χ4v) is 5.11. The number of fused-ring (bicyclic) bond motifs is 2. The lowest BCUT2D eigenvalue weighted by Crippen LogP contribution is -2.27. The van der Waals surface area contributed by atoms with Gasteiger partial charge in [-0.1, -0.05) is 23.9 Å². The number of alkyl halides is 3. The number of carbonyl (C=O) groups excluding carboxylic acids is 1. The van der Waals surface area contributed by atoms with Crippen molar-refractivity contribution in [2.24, 2.45) is 0 Å². The highest BCUT2D eigenvalue weighted by Crippen LogP contribution is 2.35. The Kier molecular flexibility index (Phi) is 5.62. The molecule has 180 valence electrons. The molecule has 1 N–H and O–H groups in total. The number of carbonyl (C=O) groups is 1. The maximum Gasteiger partial charge on any atom is 0.419 e. The van der Waals surface area contributed by atoms with Gasteiger partial charge in [-0.05, 0) is 42.8 Å². The summed E-state index contributed by atoms with van der Waals surface area (Å²) in [6.07, 6.45) is -3.63. The number of nitrogens with one attached hydrogen (secondary N) is 1. The van der Waals surface area contributed by atoms with Gasteiger partial charge in [0.1, 0.15) is 11.2 Å². The van der Waals surface area contributed by atoms with Gasteiger partial charge < -0.3 is 5.32 Å². The molecule has 0 aliphatic carbocycles. The van der Waals surface area contributed by atoms with Crippen LogP contribution in [0.5, 0.6) is 0 Å². The Hall–Kier alpha value is -3.67. The summed E-state index contributed by atoms with van der Waals surface area (Å²) in [6, 6.07) is 9.28. The average Bonchev–Trinajstić information content (AvgIpc) is 3.39. The molecule has 2 aromatic carbocycles. The molecule has 12 heteroatoms. The summed E-state index contributed by atoms with van der Waals surface area (Å²) in [5.41, 5.74) is 0.171. The average molecular weight is 503 g/mol. The molecular weight excluding hydrogens is 486 g/mol. The molecule has 1 aliphatic heterocycles. The molecule has 1 aliphatic rings. The third-order valence-corrected chi connectivity index (χ3v) is 6.69. The first kappa shape index (κ1) is 23.1. The number of benzene rings is 2. The molecule has 0 saturated carbocycles. The van der Waals surface area contributed by atoms with Crippen LogP contribution in [0.15, 0.2) is 58.6 Å². The van der Waals surface area contributed by atoms with Crippen molar-refractivity contribution in [2.75, 3.05) is 11.1 Å². The summed E-state index contributed by atoms with van der Waals surface area (Å²) in [7, 11) is 0. The summed E-state index contributed by atoms with van der Waals surface area (Å²) in [5, 5.41) is 7.39. The number of hydrogen-bond acceptors (Lipinski definition) is 5. The van der Waals surface area contributed by atoms with Crippen LogP contribution < -0.4 is 10.9 Å². The summed E-state index contributed by atoms with van der Waals surface area (Å²) in [5.74, 6) is -1.65. The van der Waals surface area contributed by atoms with E-state index in [0.717, 1.165) is 17.3 Å². The van der Waals surface area contributed by atoms with Crippen molar-refractivity contribution in [3.05, 3.63) is 76.0 Å². The van der Waals surface area contributed by atoms with Crippen molar-refractivity contribution in [1.29, 1.82) is 0 Å². The quantitative estimate of drug-likeness (QED) is 0.322. The molecule has 0 bridgehead atoms. The Bertz CT molecular complexity index is 1530. The number of amides is 1. The number of aryl methyl sites for hydroxylation is 1. The van der Waals surface area contributed by atoms with E-state index in [0.29, 0.717) is 28.7 Å². The third-order valence-electron chi connectivity index (χ3n) is 5.59. The molecule has 1 unspecified atom stereocenters. The van der Waals surface area contributed by atoms with E-state index in [4.69, 9.17) is 0 Å². The first-order valence-corrected chi connectivity index (χ1v) is 11.5. The van der Waals surface area contributed by atoms with Crippen LogP contribution in [0.2, 0.25) is 0 Å². The van der Waals surface area contributed by atoms with Crippen LogP contribution in [0.4, 0.5) is 23.2 Å². The van der Waals surface area contributed by atoms with E-state index in [1.165, 1.54) is 22.5 Å². The van der Waals surface area contributed by atoms with Gasteiger partial charge in [0.25, 0.3) is 5.56 Å². The monoisotopic (exact) mass is 503 g/mol. The highest BCUT2D eigenvalue weighted by atomic mass is 32.2. The van der Waals surface area contributed by atoms with Crippen LogP contribution >= 0.6 is 11.8 Å². The lowest BCUT2D eigenvalue weighted by Gasteiger charge is -2.14. The fraction of sp³-hybridized carbons (Fsp3) is 0.217. The van der Waals surface area contributed by atoms with Crippen LogP contribution in [0.3, 0.4) is 0 Å². The molecule has 1 amide bonds. The molecular formula is C23H17F4N5O2S. The SMILES string of the molecule is Cc1cccc(-n2ncc3c(=O)n4c(nc32)SCC4CC(=O)Nc2ccc(F)c(C(F)(F)F)c2)c1. The second-order valence-corrected chi connectivity index (χ2v) is 9.10. The third kappa shape index (κ3) is 4.29. The summed E-state index contributed by atoms with van der Waals surface area (Å²) >= 11 is 1.30. The highest BCUT2D eigenvalue weighted by molar-refractivity contribution is 7.99. The van der Waals surface area contributed by atoms with Crippen molar-refractivity contribution in [3.63, 3.8) is 0 Å². The van der Waals surface area contributed by atoms with Gasteiger partial charge >= 0.3 is 6.18 Å². The topological polar surface area (TPSA) is 81.8 Å². The molecule has 1 atom stereocenters. The van der Waals surface area contributed by atoms with Crippen molar-refractivity contribution in [3.8, 4) is 5.69 Å². The smallest absolute Gasteiger partial charge is 0.326 e. The van der Waals surface area contributed by atoms with Gasteiger partial charge in [0.15, 0.2) is 10.8 Å². The van der Waals surface area contributed by atoms with Crippen LogP contribution in [-0.2, 0) is 11.0 Å². The highest BCUT2D eigenvalue weighted by Gasteiger charge is 2.34. The number of halogens is 4. The minimum atomic E-state index is -4.89. The Morgan fingerprint density at radius 3 is 2.77 bits per heavy atom. The number of aromatic nitrogens is 4. The van der Waals surface area contributed by atoms with Gasteiger partial charge in [-0.3, -0.25) is 14.2 Å². The molecule has 3 heterocycles.